The first-order chi connectivity index (χ1) is 10.2. The Hall–Kier alpha value is -2.41. The lowest BCUT2D eigenvalue weighted by atomic mass is 10.2. The fourth-order valence-corrected chi connectivity index (χ4v) is 2.40. The minimum atomic E-state index is 0.358. The van der Waals surface area contributed by atoms with Crippen molar-refractivity contribution in [1.82, 2.24) is 15.1 Å². The number of hydrogen-bond acceptors (Lipinski definition) is 6. The third-order valence-corrected chi connectivity index (χ3v) is 3.54. The minimum Gasteiger partial charge on any atom is -0.496 e. The van der Waals surface area contributed by atoms with E-state index in [9.17, 15) is 0 Å². The van der Waals surface area contributed by atoms with Crippen LogP contribution in [-0.4, -0.2) is 22.2 Å². The van der Waals surface area contributed by atoms with Crippen molar-refractivity contribution in [3.8, 4) is 28.6 Å². The summed E-state index contributed by atoms with van der Waals surface area (Å²) >= 11 is 3.43. The Morgan fingerprint density at radius 2 is 2.14 bits per heavy atom. The molecule has 0 saturated carbocycles. The molecular formula is C14H11BrN4O2. The smallest absolute Gasteiger partial charge is 0.260 e. The third kappa shape index (κ3) is 2.59. The van der Waals surface area contributed by atoms with Gasteiger partial charge in [0.05, 0.1) is 29.0 Å². The molecule has 0 spiro atoms. The summed E-state index contributed by atoms with van der Waals surface area (Å²) in [5.74, 6) is 1.57. The fraction of sp³-hybridized carbons (Fsp3) is 0.0714. The molecule has 2 N–H and O–H groups in total. The van der Waals surface area contributed by atoms with E-state index in [0.717, 1.165) is 15.8 Å². The summed E-state index contributed by atoms with van der Waals surface area (Å²) < 4.78 is 11.3. The van der Waals surface area contributed by atoms with Crippen LogP contribution in [0.2, 0.25) is 0 Å². The van der Waals surface area contributed by atoms with E-state index in [1.807, 2.05) is 18.2 Å². The van der Waals surface area contributed by atoms with Gasteiger partial charge in [0.25, 0.3) is 5.89 Å². The van der Waals surface area contributed by atoms with Gasteiger partial charge in [-0.3, -0.25) is 4.98 Å². The van der Waals surface area contributed by atoms with Gasteiger partial charge in [0.1, 0.15) is 5.75 Å². The Balaban J connectivity index is 1.99. The molecule has 0 atom stereocenters. The Bertz CT molecular complexity index is 788. The zero-order valence-electron chi connectivity index (χ0n) is 11.1. The van der Waals surface area contributed by atoms with Crippen molar-refractivity contribution in [2.75, 3.05) is 12.8 Å². The number of aromatic nitrogens is 3. The lowest BCUT2D eigenvalue weighted by Gasteiger charge is -2.03. The van der Waals surface area contributed by atoms with Crippen molar-refractivity contribution < 1.29 is 9.26 Å². The molecule has 0 fully saturated rings. The standard InChI is InChI=1S/C14H11BrN4O2/c1-20-12-3-2-8(6-10(12)15)13-18-14(21-19-13)9-4-5-17-7-11(9)16/h2-7H,16H2,1H3. The summed E-state index contributed by atoms with van der Waals surface area (Å²) in [6.45, 7) is 0. The third-order valence-electron chi connectivity index (χ3n) is 2.92. The number of methoxy groups -OCH3 is 1. The van der Waals surface area contributed by atoms with Gasteiger partial charge < -0.3 is 15.0 Å². The number of pyridine rings is 1. The SMILES string of the molecule is COc1ccc(-c2noc(-c3ccncc3N)n2)cc1Br. The van der Waals surface area contributed by atoms with Gasteiger partial charge >= 0.3 is 0 Å². The average Bonchev–Trinajstić information content (AvgIpc) is 2.97. The van der Waals surface area contributed by atoms with Gasteiger partial charge in [0, 0.05) is 11.8 Å². The van der Waals surface area contributed by atoms with Gasteiger partial charge in [-0.2, -0.15) is 4.98 Å². The molecule has 1 aromatic carbocycles. The normalized spacial score (nSPS) is 10.6. The predicted molar refractivity (Wildman–Crippen MR) is 81.6 cm³/mol. The Morgan fingerprint density at radius 3 is 2.86 bits per heavy atom. The van der Waals surface area contributed by atoms with Gasteiger partial charge in [0.15, 0.2) is 0 Å². The molecule has 2 heterocycles. The van der Waals surface area contributed by atoms with E-state index < -0.39 is 0 Å². The number of hydrogen-bond donors (Lipinski definition) is 1. The second kappa shape index (κ2) is 5.53. The summed E-state index contributed by atoms with van der Waals surface area (Å²) in [4.78, 5) is 8.29. The molecule has 0 radical (unpaired) electrons. The fourth-order valence-electron chi connectivity index (χ4n) is 1.86. The molecule has 3 aromatic rings. The summed E-state index contributed by atoms with van der Waals surface area (Å²) in [5, 5.41) is 3.98. The molecule has 0 aliphatic rings. The quantitative estimate of drug-likeness (QED) is 0.783. The number of nitrogens with two attached hydrogens (primary N) is 1. The van der Waals surface area contributed by atoms with Crippen molar-refractivity contribution in [1.29, 1.82) is 0 Å². The van der Waals surface area contributed by atoms with Gasteiger partial charge in [-0.1, -0.05) is 5.16 Å². The van der Waals surface area contributed by atoms with Gasteiger partial charge in [0.2, 0.25) is 5.82 Å². The largest absolute Gasteiger partial charge is 0.496 e. The molecule has 0 aliphatic carbocycles. The molecule has 0 amide bonds. The number of rotatable bonds is 3. The van der Waals surface area contributed by atoms with E-state index >= 15 is 0 Å². The van der Waals surface area contributed by atoms with Crippen LogP contribution in [-0.2, 0) is 0 Å². The molecule has 0 unspecified atom stereocenters. The van der Waals surface area contributed by atoms with Crippen molar-refractivity contribution in [3.05, 3.63) is 41.1 Å². The number of ether oxygens (including phenoxy) is 1. The average molecular weight is 347 g/mol. The van der Waals surface area contributed by atoms with Crippen LogP contribution in [0.3, 0.4) is 0 Å². The van der Waals surface area contributed by atoms with E-state index in [2.05, 4.69) is 31.1 Å². The topological polar surface area (TPSA) is 87.1 Å². The van der Waals surface area contributed by atoms with Crippen molar-refractivity contribution in [2.45, 2.75) is 0 Å². The number of halogens is 1. The van der Waals surface area contributed by atoms with Crippen LogP contribution in [0.25, 0.3) is 22.8 Å². The van der Waals surface area contributed by atoms with E-state index in [-0.39, 0.29) is 0 Å². The molecule has 0 bridgehead atoms. The highest BCUT2D eigenvalue weighted by atomic mass is 79.9. The molecule has 0 saturated heterocycles. The Labute approximate surface area is 129 Å². The lowest BCUT2D eigenvalue weighted by molar-refractivity contribution is 0.412. The van der Waals surface area contributed by atoms with Crippen molar-refractivity contribution in [3.63, 3.8) is 0 Å². The maximum absolute atomic E-state index is 5.85. The number of nitrogens with zero attached hydrogens (tertiary/aromatic N) is 3. The van der Waals surface area contributed by atoms with Crippen LogP contribution < -0.4 is 10.5 Å². The Morgan fingerprint density at radius 1 is 1.29 bits per heavy atom. The van der Waals surface area contributed by atoms with Crippen LogP contribution >= 0.6 is 15.9 Å². The number of anilines is 1. The molecule has 6 nitrogen and oxygen atoms in total. The predicted octanol–water partition coefficient (Wildman–Crippen LogP) is 3.15. The van der Waals surface area contributed by atoms with Gasteiger partial charge in [-0.15, -0.1) is 0 Å². The molecule has 7 heteroatoms. The van der Waals surface area contributed by atoms with Gasteiger partial charge in [-0.05, 0) is 40.2 Å². The molecule has 2 aromatic heterocycles. The number of benzene rings is 1. The highest BCUT2D eigenvalue weighted by Gasteiger charge is 2.14. The molecule has 0 aliphatic heterocycles. The summed E-state index contributed by atoms with van der Waals surface area (Å²) in [6, 6.07) is 7.28. The first kappa shape index (κ1) is 13.6. The lowest BCUT2D eigenvalue weighted by Crippen LogP contribution is -1.91. The summed E-state index contributed by atoms with van der Waals surface area (Å²) in [6.07, 6.45) is 3.17. The van der Waals surface area contributed by atoms with E-state index in [0.29, 0.717) is 23.0 Å². The highest BCUT2D eigenvalue weighted by molar-refractivity contribution is 9.10. The summed E-state index contributed by atoms with van der Waals surface area (Å²) in [7, 11) is 1.61. The van der Waals surface area contributed by atoms with Crippen LogP contribution in [0.15, 0.2) is 45.7 Å². The van der Waals surface area contributed by atoms with E-state index in [4.69, 9.17) is 15.0 Å². The molecule has 21 heavy (non-hydrogen) atoms. The maximum Gasteiger partial charge on any atom is 0.260 e. The Kier molecular flexibility index (Phi) is 3.57. The van der Waals surface area contributed by atoms with E-state index in [1.54, 1.807) is 25.6 Å². The zero-order chi connectivity index (χ0) is 14.8. The molecule has 3 rings (SSSR count). The van der Waals surface area contributed by atoms with Crippen LogP contribution in [0.1, 0.15) is 0 Å². The summed E-state index contributed by atoms with van der Waals surface area (Å²) in [5.41, 5.74) is 7.81. The van der Waals surface area contributed by atoms with Gasteiger partial charge in [-0.25, -0.2) is 0 Å². The van der Waals surface area contributed by atoms with Crippen molar-refractivity contribution >= 4 is 21.6 Å². The van der Waals surface area contributed by atoms with Crippen LogP contribution in [0, 0.1) is 0 Å². The van der Waals surface area contributed by atoms with Crippen LogP contribution in [0.5, 0.6) is 5.75 Å². The second-order valence-electron chi connectivity index (χ2n) is 4.24. The highest BCUT2D eigenvalue weighted by Crippen LogP contribution is 2.31. The van der Waals surface area contributed by atoms with Crippen molar-refractivity contribution in [2.24, 2.45) is 0 Å². The molecular weight excluding hydrogens is 336 g/mol. The molecule has 106 valence electrons. The van der Waals surface area contributed by atoms with E-state index in [1.165, 1.54) is 0 Å². The zero-order valence-corrected chi connectivity index (χ0v) is 12.7. The van der Waals surface area contributed by atoms with Crippen LogP contribution in [0.4, 0.5) is 5.69 Å². The first-order valence-electron chi connectivity index (χ1n) is 6.06. The first-order valence-corrected chi connectivity index (χ1v) is 6.86. The maximum atomic E-state index is 5.85. The number of nitrogen functional groups attached to an aromatic ring is 1. The minimum absolute atomic E-state index is 0.358. The monoisotopic (exact) mass is 346 g/mol. The second-order valence-corrected chi connectivity index (χ2v) is 5.09.